The molecule has 0 bridgehead atoms. The number of amides is 1. The molecule has 3 aromatic rings. The fourth-order valence-electron chi connectivity index (χ4n) is 8.98. The van der Waals surface area contributed by atoms with E-state index < -0.39 is 11.8 Å². The summed E-state index contributed by atoms with van der Waals surface area (Å²) in [4.78, 5) is 28.7. The number of rotatable bonds is 5. The molecule has 14 heteroatoms. The normalized spacial score (nSPS) is 27.2. The second kappa shape index (κ2) is 12.4. The fraction of sp³-hybridized carbons (Fsp3) is 0.583. The minimum atomic E-state index is -0.883. The number of nitriles is 1. The highest BCUT2D eigenvalue weighted by Gasteiger charge is 2.50. The zero-order valence-corrected chi connectivity index (χ0v) is 29.5. The topological polar surface area (TPSA) is 133 Å². The zero-order valence-electron chi connectivity index (χ0n) is 28.7. The van der Waals surface area contributed by atoms with E-state index in [0.29, 0.717) is 56.3 Å². The van der Waals surface area contributed by atoms with Crippen molar-refractivity contribution < 1.29 is 23.8 Å². The van der Waals surface area contributed by atoms with Gasteiger partial charge in [-0.05, 0) is 56.2 Å². The first kappa shape index (κ1) is 33.2. The van der Waals surface area contributed by atoms with E-state index in [0.717, 1.165) is 60.3 Å². The summed E-state index contributed by atoms with van der Waals surface area (Å²) in [5, 5.41) is 25.9. The van der Waals surface area contributed by atoms with E-state index in [4.69, 9.17) is 31.0 Å². The molecule has 264 valence electrons. The summed E-state index contributed by atoms with van der Waals surface area (Å²) in [6, 6.07) is 5.97. The number of halogens is 2. The van der Waals surface area contributed by atoms with E-state index in [2.05, 4.69) is 27.9 Å². The number of nitrogens with zero attached hydrogens (tertiary/aromatic N) is 8. The molecule has 1 amide bonds. The molecule has 1 aliphatic carbocycles. The molecule has 2 aromatic heterocycles. The molecule has 1 aromatic carbocycles. The van der Waals surface area contributed by atoms with E-state index in [9.17, 15) is 19.6 Å². The number of phenols is 1. The van der Waals surface area contributed by atoms with Crippen molar-refractivity contribution in [1.82, 2.24) is 29.5 Å². The number of aromatic hydroxyl groups is 1. The minimum Gasteiger partial charge on any atom is -0.507 e. The van der Waals surface area contributed by atoms with Gasteiger partial charge < -0.3 is 24.4 Å². The number of hydrogen-bond donors (Lipinski definition) is 1. The molecule has 12 nitrogen and oxygen atoms in total. The first-order chi connectivity index (χ1) is 24.0. The van der Waals surface area contributed by atoms with E-state index in [1.165, 1.54) is 4.90 Å². The maximum absolute atomic E-state index is 14.6. The molecule has 1 N–H and O–H groups in total. The Balaban J connectivity index is 1.20. The van der Waals surface area contributed by atoms with Gasteiger partial charge in [-0.15, -0.1) is 0 Å². The smallest absolute Gasteiger partial charge is 0.318 e. The number of carbonyl (C=O) groups excluding carboxylic acids is 1. The summed E-state index contributed by atoms with van der Waals surface area (Å²) in [5.74, 6) is 0.532. The quantitative estimate of drug-likeness (QED) is 0.394. The van der Waals surface area contributed by atoms with Crippen LogP contribution in [0.4, 0.5) is 10.2 Å². The predicted molar refractivity (Wildman–Crippen MR) is 182 cm³/mol. The van der Waals surface area contributed by atoms with Crippen molar-refractivity contribution in [2.45, 2.75) is 94.8 Å². The highest BCUT2D eigenvalue weighted by Crippen LogP contribution is 2.52. The number of ether oxygens (including phenoxy) is 2. The van der Waals surface area contributed by atoms with Gasteiger partial charge in [-0.3, -0.25) is 14.4 Å². The fourth-order valence-corrected chi connectivity index (χ4v) is 9.26. The van der Waals surface area contributed by atoms with Crippen LogP contribution in [0.15, 0.2) is 12.1 Å². The largest absolute Gasteiger partial charge is 0.507 e. The van der Waals surface area contributed by atoms with Gasteiger partial charge in [-0.25, -0.2) is 4.39 Å². The molecule has 4 aliphatic heterocycles. The number of alkyl halides is 1. The van der Waals surface area contributed by atoms with E-state index in [-0.39, 0.29) is 53.6 Å². The van der Waals surface area contributed by atoms with E-state index in [1.807, 2.05) is 10.7 Å². The molecule has 5 aliphatic rings. The lowest BCUT2D eigenvalue weighted by molar-refractivity contribution is -0.0875. The second-order valence-electron chi connectivity index (χ2n) is 14.9. The van der Waals surface area contributed by atoms with Crippen LogP contribution >= 0.6 is 11.6 Å². The molecular formula is C36H42ClFN8O4. The van der Waals surface area contributed by atoms with Gasteiger partial charge in [0.05, 0.1) is 35.1 Å². The van der Waals surface area contributed by atoms with Crippen LogP contribution in [0.2, 0.25) is 5.02 Å². The highest BCUT2D eigenvalue weighted by atomic mass is 35.5. The summed E-state index contributed by atoms with van der Waals surface area (Å²) in [7, 11) is 3.35. The van der Waals surface area contributed by atoms with Crippen LogP contribution in [0.5, 0.6) is 11.8 Å². The molecule has 4 unspecified atom stereocenters. The molecule has 8 rings (SSSR count). The van der Waals surface area contributed by atoms with Gasteiger partial charge in [0.15, 0.2) is 5.69 Å². The number of phenolic OH excluding ortho intramolecular Hbond substituents is 1. The van der Waals surface area contributed by atoms with Crippen LogP contribution in [0.25, 0.3) is 0 Å². The van der Waals surface area contributed by atoms with Crippen LogP contribution in [-0.2, 0) is 36.5 Å². The number of aryl methyl sites for hydroxylation is 1. The van der Waals surface area contributed by atoms with Gasteiger partial charge in [0.2, 0.25) is 0 Å². The number of aromatic nitrogens is 4. The van der Waals surface area contributed by atoms with Gasteiger partial charge in [-0.1, -0.05) is 24.6 Å². The van der Waals surface area contributed by atoms with Crippen LogP contribution in [-0.4, -0.2) is 92.6 Å². The highest BCUT2D eigenvalue weighted by molar-refractivity contribution is 6.34. The lowest BCUT2D eigenvalue weighted by Crippen LogP contribution is -2.44. The number of fused-ring (bicyclic) bond motifs is 5. The Morgan fingerprint density at radius 2 is 2.08 bits per heavy atom. The van der Waals surface area contributed by atoms with Gasteiger partial charge in [0, 0.05) is 57.7 Å². The second-order valence-corrected chi connectivity index (χ2v) is 15.2. The molecule has 0 saturated carbocycles. The van der Waals surface area contributed by atoms with Crippen molar-refractivity contribution in [2.24, 2.45) is 0 Å². The Morgan fingerprint density at radius 1 is 1.24 bits per heavy atom. The van der Waals surface area contributed by atoms with Crippen molar-refractivity contribution >= 4 is 23.3 Å². The summed E-state index contributed by atoms with van der Waals surface area (Å²) in [6.45, 7) is 5.46. The van der Waals surface area contributed by atoms with Crippen molar-refractivity contribution in [2.75, 3.05) is 45.2 Å². The summed E-state index contributed by atoms with van der Waals surface area (Å²) >= 11 is 6.84. The number of benzene rings is 1. The Bertz CT molecular complexity index is 1910. The molecule has 1 spiro atoms. The third-order valence-corrected chi connectivity index (χ3v) is 12.0. The predicted octanol–water partition coefficient (Wildman–Crippen LogP) is 4.84. The molecule has 4 atom stereocenters. The lowest BCUT2D eigenvalue weighted by atomic mass is 9.69. The average molecular weight is 705 g/mol. The van der Waals surface area contributed by atoms with Gasteiger partial charge in [-0.2, -0.15) is 20.3 Å². The van der Waals surface area contributed by atoms with Crippen molar-refractivity contribution in [1.29, 1.82) is 5.26 Å². The summed E-state index contributed by atoms with van der Waals surface area (Å²) < 4.78 is 29.7. The lowest BCUT2D eigenvalue weighted by Gasteiger charge is -2.44. The standard InChI is InChI=1S/C36H42ClFN8O4/c1-21-8-10-36(29-23(21)6-7-28(47)24(29)16-39)15-26-25(19-50-36)32(41-34(40-26)49-20-35-9-4-12-45(35)17-22(38)14-35)44-11-5-13-46-27(18-44)30(37)31(42-46)33(48)43(2)3/h6-7,21-22,47H,4-5,8-15,17-20H2,1-3H3. The molecule has 0 radical (unpaired) electrons. The van der Waals surface area contributed by atoms with Gasteiger partial charge in [0.25, 0.3) is 5.91 Å². The number of carbonyl (C=O) groups is 1. The Morgan fingerprint density at radius 3 is 2.88 bits per heavy atom. The Labute approximate surface area is 295 Å². The summed E-state index contributed by atoms with van der Waals surface area (Å²) in [5.41, 5.74) is 3.25. The molecule has 50 heavy (non-hydrogen) atoms. The third kappa shape index (κ3) is 5.29. The average Bonchev–Trinajstić information content (AvgIpc) is 3.67. The number of hydrogen-bond acceptors (Lipinski definition) is 10. The van der Waals surface area contributed by atoms with Crippen LogP contribution < -0.4 is 9.64 Å². The van der Waals surface area contributed by atoms with E-state index >= 15 is 0 Å². The van der Waals surface area contributed by atoms with Crippen molar-refractivity contribution in [3.05, 3.63) is 56.5 Å². The van der Waals surface area contributed by atoms with Gasteiger partial charge in [0.1, 0.15) is 41.6 Å². The van der Waals surface area contributed by atoms with Crippen LogP contribution in [0.1, 0.15) is 95.5 Å². The monoisotopic (exact) mass is 704 g/mol. The summed E-state index contributed by atoms with van der Waals surface area (Å²) in [6.07, 6.45) is 4.01. The van der Waals surface area contributed by atoms with Crippen LogP contribution in [0, 0.1) is 11.3 Å². The van der Waals surface area contributed by atoms with Gasteiger partial charge >= 0.3 is 6.01 Å². The first-order valence-electron chi connectivity index (χ1n) is 17.6. The third-order valence-electron chi connectivity index (χ3n) is 11.6. The zero-order chi connectivity index (χ0) is 34.9. The molecular weight excluding hydrogens is 663 g/mol. The maximum Gasteiger partial charge on any atom is 0.318 e. The molecule has 2 saturated heterocycles. The maximum atomic E-state index is 14.6. The molecule has 6 heterocycles. The number of anilines is 1. The molecule has 2 fully saturated rings. The SMILES string of the molecule is CC1CCC2(Cc3nc(OCC45CCCN4CC(F)C5)nc(N4CCCn5nc(C(=O)N(C)C)c(Cl)c5C4)c3CO2)c2c1ccc(O)c2C#N. The Hall–Kier alpha value is -3.99. The minimum absolute atomic E-state index is 0.0604. The first-order valence-corrected chi connectivity index (χ1v) is 17.9. The van der Waals surface area contributed by atoms with E-state index in [1.54, 1.807) is 20.2 Å². The van der Waals surface area contributed by atoms with Crippen molar-refractivity contribution in [3.63, 3.8) is 0 Å². The van der Waals surface area contributed by atoms with Crippen molar-refractivity contribution in [3.8, 4) is 17.8 Å². The van der Waals surface area contributed by atoms with Crippen LogP contribution in [0.3, 0.4) is 0 Å². The Kier molecular flexibility index (Phi) is 8.19.